The highest BCUT2D eigenvalue weighted by atomic mass is 35.5. The van der Waals surface area contributed by atoms with Gasteiger partial charge in [-0.2, -0.15) is 0 Å². The molecule has 1 atom stereocenters. The SMILES string of the molecule is CC(C)C(C)NCCOc1cccc(Cl)c1. The minimum atomic E-state index is 0.517. The van der Waals surface area contributed by atoms with Crippen LogP contribution in [-0.4, -0.2) is 19.2 Å². The van der Waals surface area contributed by atoms with Gasteiger partial charge in [0.2, 0.25) is 0 Å². The van der Waals surface area contributed by atoms with Crippen molar-refractivity contribution in [2.75, 3.05) is 13.2 Å². The number of benzene rings is 1. The smallest absolute Gasteiger partial charge is 0.120 e. The lowest BCUT2D eigenvalue weighted by Crippen LogP contribution is -2.33. The van der Waals surface area contributed by atoms with Crippen molar-refractivity contribution in [1.82, 2.24) is 5.32 Å². The van der Waals surface area contributed by atoms with Crippen molar-refractivity contribution in [1.29, 1.82) is 0 Å². The van der Waals surface area contributed by atoms with Gasteiger partial charge in [-0.05, 0) is 31.0 Å². The van der Waals surface area contributed by atoms with Crippen molar-refractivity contribution in [3.8, 4) is 5.75 Å². The monoisotopic (exact) mass is 241 g/mol. The minimum Gasteiger partial charge on any atom is -0.492 e. The van der Waals surface area contributed by atoms with Crippen molar-refractivity contribution >= 4 is 11.6 Å². The van der Waals surface area contributed by atoms with Crippen LogP contribution in [0.5, 0.6) is 5.75 Å². The number of halogens is 1. The zero-order chi connectivity index (χ0) is 12.0. The first kappa shape index (κ1) is 13.3. The summed E-state index contributed by atoms with van der Waals surface area (Å²) in [6.07, 6.45) is 0. The van der Waals surface area contributed by atoms with Gasteiger partial charge in [0.15, 0.2) is 0 Å². The summed E-state index contributed by atoms with van der Waals surface area (Å²) in [4.78, 5) is 0. The van der Waals surface area contributed by atoms with Gasteiger partial charge < -0.3 is 10.1 Å². The van der Waals surface area contributed by atoms with Crippen molar-refractivity contribution in [2.24, 2.45) is 5.92 Å². The molecule has 2 nitrogen and oxygen atoms in total. The van der Waals surface area contributed by atoms with Crippen LogP contribution in [0, 0.1) is 5.92 Å². The lowest BCUT2D eigenvalue weighted by Gasteiger charge is -2.17. The molecule has 1 rings (SSSR count). The van der Waals surface area contributed by atoms with Crippen molar-refractivity contribution < 1.29 is 4.74 Å². The fourth-order valence-corrected chi connectivity index (χ4v) is 1.43. The van der Waals surface area contributed by atoms with Crippen molar-refractivity contribution in [3.05, 3.63) is 29.3 Å². The summed E-state index contributed by atoms with van der Waals surface area (Å²) in [6, 6.07) is 7.99. The second kappa shape index (κ2) is 6.77. The van der Waals surface area contributed by atoms with E-state index in [-0.39, 0.29) is 0 Å². The van der Waals surface area contributed by atoms with Gasteiger partial charge in [-0.25, -0.2) is 0 Å². The third-order valence-electron chi connectivity index (χ3n) is 2.63. The molecule has 90 valence electrons. The molecule has 1 aromatic rings. The van der Waals surface area contributed by atoms with Crippen LogP contribution in [0.15, 0.2) is 24.3 Å². The second-order valence-electron chi connectivity index (χ2n) is 4.29. The quantitative estimate of drug-likeness (QED) is 0.772. The summed E-state index contributed by atoms with van der Waals surface area (Å²) in [5, 5.41) is 4.12. The lowest BCUT2D eigenvalue weighted by molar-refractivity contribution is 0.297. The molecule has 0 spiro atoms. The second-order valence-corrected chi connectivity index (χ2v) is 4.73. The van der Waals surface area contributed by atoms with Crippen LogP contribution in [-0.2, 0) is 0 Å². The molecule has 0 aliphatic heterocycles. The molecule has 3 heteroatoms. The Hall–Kier alpha value is -0.730. The normalized spacial score (nSPS) is 12.8. The highest BCUT2D eigenvalue weighted by Crippen LogP contribution is 2.16. The number of nitrogens with one attached hydrogen (secondary N) is 1. The van der Waals surface area contributed by atoms with Gasteiger partial charge in [0.05, 0.1) is 0 Å². The summed E-state index contributed by atoms with van der Waals surface area (Å²) in [7, 11) is 0. The molecule has 0 amide bonds. The van der Waals surface area contributed by atoms with E-state index in [0.717, 1.165) is 12.3 Å². The Morgan fingerprint density at radius 1 is 1.31 bits per heavy atom. The Morgan fingerprint density at radius 3 is 2.69 bits per heavy atom. The summed E-state index contributed by atoms with van der Waals surface area (Å²) in [6.45, 7) is 8.11. The van der Waals surface area contributed by atoms with E-state index in [1.54, 1.807) is 0 Å². The predicted molar refractivity (Wildman–Crippen MR) is 69.2 cm³/mol. The topological polar surface area (TPSA) is 21.3 Å². The average Bonchev–Trinajstić information content (AvgIpc) is 2.24. The molecule has 0 saturated carbocycles. The molecule has 0 saturated heterocycles. The molecular formula is C13H20ClNO. The third kappa shape index (κ3) is 4.86. The van der Waals surface area contributed by atoms with E-state index in [2.05, 4.69) is 26.1 Å². The first-order chi connectivity index (χ1) is 7.59. The Bertz CT molecular complexity index is 315. The van der Waals surface area contributed by atoms with Crippen LogP contribution >= 0.6 is 11.6 Å². The number of ether oxygens (including phenoxy) is 1. The van der Waals surface area contributed by atoms with Gasteiger partial charge in [-0.1, -0.05) is 31.5 Å². The van der Waals surface area contributed by atoms with Gasteiger partial charge in [-0.3, -0.25) is 0 Å². The molecule has 0 aliphatic rings. The Morgan fingerprint density at radius 2 is 2.06 bits per heavy atom. The summed E-state index contributed by atoms with van der Waals surface area (Å²) < 4.78 is 5.57. The standard InChI is InChI=1S/C13H20ClNO/c1-10(2)11(3)15-7-8-16-13-6-4-5-12(14)9-13/h4-6,9-11,15H,7-8H2,1-3H3. The van der Waals surface area contributed by atoms with E-state index < -0.39 is 0 Å². The van der Waals surface area contributed by atoms with Gasteiger partial charge >= 0.3 is 0 Å². The fraction of sp³-hybridized carbons (Fsp3) is 0.538. The molecule has 0 heterocycles. The van der Waals surface area contributed by atoms with E-state index in [0.29, 0.717) is 23.6 Å². The van der Waals surface area contributed by atoms with Crippen LogP contribution in [0.3, 0.4) is 0 Å². The molecule has 1 unspecified atom stereocenters. The molecule has 16 heavy (non-hydrogen) atoms. The van der Waals surface area contributed by atoms with Crippen LogP contribution < -0.4 is 10.1 Å². The molecule has 0 aromatic heterocycles. The van der Waals surface area contributed by atoms with Crippen LogP contribution in [0.25, 0.3) is 0 Å². The summed E-state index contributed by atoms with van der Waals surface area (Å²) in [5.41, 5.74) is 0. The predicted octanol–water partition coefficient (Wildman–Crippen LogP) is 3.35. The average molecular weight is 242 g/mol. The zero-order valence-corrected chi connectivity index (χ0v) is 10.9. The van der Waals surface area contributed by atoms with E-state index in [9.17, 15) is 0 Å². The molecule has 1 aromatic carbocycles. The Labute approximate surface area is 103 Å². The minimum absolute atomic E-state index is 0.517. The molecule has 0 radical (unpaired) electrons. The van der Waals surface area contributed by atoms with E-state index in [1.807, 2.05) is 24.3 Å². The number of hydrogen-bond donors (Lipinski definition) is 1. The summed E-state index contributed by atoms with van der Waals surface area (Å²) in [5.74, 6) is 1.47. The maximum atomic E-state index is 5.85. The molecule has 0 bridgehead atoms. The number of rotatable bonds is 6. The molecular weight excluding hydrogens is 222 g/mol. The van der Waals surface area contributed by atoms with E-state index in [4.69, 9.17) is 16.3 Å². The maximum absolute atomic E-state index is 5.85. The zero-order valence-electron chi connectivity index (χ0n) is 10.2. The van der Waals surface area contributed by atoms with Crippen LogP contribution in [0.2, 0.25) is 5.02 Å². The molecule has 0 aliphatic carbocycles. The maximum Gasteiger partial charge on any atom is 0.120 e. The van der Waals surface area contributed by atoms with Crippen LogP contribution in [0.4, 0.5) is 0 Å². The molecule has 0 fully saturated rings. The van der Waals surface area contributed by atoms with E-state index >= 15 is 0 Å². The van der Waals surface area contributed by atoms with Gasteiger partial charge in [0, 0.05) is 17.6 Å². The summed E-state index contributed by atoms with van der Waals surface area (Å²) >= 11 is 5.85. The third-order valence-corrected chi connectivity index (χ3v) is 2.87. The van der Waals surface area contributed by atoms with Gasteiger partial charge in [0.1, 0.15) is 12.4 Å². The largest absolute Gasteiger partial charge is 0.492 e. The number of hydrogen-bond acceptors (Lipinski definition) is 2. The lowest BCUT2D eigenvalue weighted by atomic mass is 10.1. The fourth-order valence-electron chi connectivity index (χ4n) is 1.25. The highest BCUT2D eigenvalue weighted by Gasteiger charge is 2.04. The first-order valence-electron chi connectivity index (χ1n) is 5.71. The van der Waals surface area contributed by atoms with E-state index in [1.165, 1.54) is 0 Å². The highest BCUT2D eigenvalue weighted by molar-refractivity contribution is 6.30. The van der Waals surface area contributed by atoms with Crippen molar-refractivity contribution in [2.45, 2.75) is 26.8 Å². The van der Waals surface area contributed by atoms with Crippen LogP contribution in [0.1, 0.15) is 20.8 Å². The van der Waals surface area contributed by atoms with Crippen molar-refractivity contribution in [3.63, 3.8) is 0 Å². The van der Waals surface area contributed by atoms with Gasteiger partial charge in [-0.15, -0.1) is 0 Å². The first-order valence-corrected chi connectivity index (χ1v) is 6.09. The molecule has 1 N–H and O–H groups in total. The van der Waals surface area contributed by atoms with Gasteiger partial charge in [0.25, 0.3) is 0 Å². The Balaban J connectivity index is 2.21. The Kier molecular flexibility index (Phi) is 5.64.